The predicted molar refractivity (Wildman–Crippen MR) is 74.2 cm³/mol. The summed E-state index contributed by atoms with van der Waals surface area (Å²) in [5.74, 6) is -1.11. The second kappa shape index (κ2) is 6.08. The topological polar surface area (TPSA) is 95.7 Å². The van der Waals surface area contributed by atoms with Crippen molar-refractivity contribution in [3.8, 4) is 0 Å². The van der Waals surface area contributed by atoms with Crippen LogP contribution in [0, 0.1) is 0 Å². The Morgan fingerprint density at radius 3 is 2.58 bits per heavy atom. The van der Waals surface area contributed by atoms with Gasteiger partial charge < -0.3 is 21.1 Å². The largest absolute Gasteiger partial charge is 0.478 e. The summed E-state index contributed by atoms with van der Waals surface area (Å²) in [4.78, 5) is 24.3. The lowest BCUT2D eigenvalue weighted by Crippen LogP contribution is -2.38. The zero-order valence-corrected chi connectivity index (χ0v) is 11.3. The molecule has 0 fully saturated rings. The van der Waals surface area contributed by atoms with Gasteiger partial charge in [-0.1, -0.05) is 0 Å². The number of likely N-dealkylation sites (N-methyl/N-ethyl adjacent to an activating group) is 1. The number of nitrogens with zero attached hydrogens (tertiary/aromatic N) is 1. The second-order valence-corrected chi connectivity index (χ2v) is 4.33. The molecule has 0 aromatic heterocycles. The molecule has 1 aromatic carbocycles. The first-order valence-electron chi connectivity index (χ1n) is 6.01. The summed E-state index contributed by atoms with van der Waals surface area (Å²) < 4.78 is 0. The number of hydrogen-bond donors (Lipinski definition) is 3. The third-order valence-corrected chi connectivity index (χ3v) is 2.89. The molecule has 1 rings (SSSR count). The van der Waals surface area contributed by atoms with Gasteiger partial charge in [0.05, 0.1) is 5.56 Å². The van der Waals surface area contributed by atoms with E-state index in [0.717, 1.165) is 0 Å². The number of amides is 1. The number of aromatic carboxylic acids is 1. The Kier molecular flexibility index (Phi) is 4.74. The number of carbonyl (C=O) groups excluding carboxylic acids is 1. The molecule has 6 heteroatoms. The Balaban J connectivity index is 2.81. The normalized spacial score (nSPS) is 11.7. The summed E-state index contributed by atoms with van der Waals surface area (Å²) in [5, 5.41) is 11.9. The first-order chi connectivity index (χ1) is 8.86. The predicted octanol–water partition coefficient (Wildman–Crippen LogP) is 1.25. The van der Waals surface area contributed by atoms with Crippen molar-refractivity contribution in [2.24, 2.45) is 0 Å². The van der Waals surface area contributed by atoms with Crippen molar-refractivity contribution in [2.75, 3.05) is 24.6 Å². The summed E-state index contributed by atoms with van der Waals surface area (Å²) >= 11 is 0. The van der Waals surface area contributed by atoms with Crippen molar-refractivity contribution in [1.82, 2.24) is 4.90 Å². The molecule has 0 aliphatic heterocycles. The summed E-state index contributed by atoms with van der Waals surface area (Å²) in [6.45, 7) is 4.27. The number of nitrogen functional groups attached to an aromatic ring is 1. The number of anilines is 2. The van der Waals surface area contributed by atoms with Gasteiger partial charge in [-0.3, -0.25) is 4.79 Å². The van der Waals surface area contributed by atoms with Crippen LogP contribution in [0.4, 0.5) is 11.4 Å². The number of carboxylic acids is 1. The lowest BCUT2D eigenvalue weighted by atomic mass is 10.1. The average molecular weight is 265 g/mol. The van der Waals surface area contributed by atoms with E-state index in [1.54, 1.807) is 24.9 Å². The smallest absolute Gasteiger partial charge is 0.337 e. The third kappa shape index (κ3) is 3.61. The summed E-state index contributed by atoms with van der Waals surface area (Å²) in [7, 11) is 1.72. The highest BCUT2D eigenvalue weighted by Crippen LogP contribution is 2.19. The van der Waals surface area contributed by atoms with Gasteiger partial charge in [-0.05, 0) is 32.0 Å². The highest BCUT2D eigenvalue weighted by atomic mass is 16.4. The first-order valence-corrected chi connectivity index (χ1v) is 6.01. The molecule has 0 saturated heterocycles. The Labute approximate surface area is 112 Å². The molecule has 4 N–H and O–H groups in total. The van der Waals surface area contributed by atoms with Crippen molar-refractivity contribution < 1.29 is 14.7 Å². The number of nitrogens with one attached hydrogen (secondary N) is 1. The Morgan fingerprint density at radius 1 is 1.47 bits per heavy atom. The third-order valence-electron chi connectivity index (χ3n) is 2.89. The monoisotopic (exact) mass is 265 g/mol. The van der Waals surface area contributed by atoms with Crippen molar-refractivity contribution in [2.45, 2.75) is 19.9 Å². The van der Waals surface area contributed by atoms with Gasteiger partial charge in [-0.2, -0.15) is 0 Å². The minimum atomic E-state index is -1.07. The van der Waals surface area contributed by atoms with E-state index in [9.17, 15) is 9.59 Å². The summed E-state index contributed by atoms with van der Waals surface area (Å²) in [6.07, 6.45) is 0. The summed E-state index contributed by atoms with van der Waals surface area (Å²) in [5.41, 5.74) is 6.48. The fourth-order valence-corrected chi connectivity index (χ4v) is 1.65. The molecule has 104 valence electrons. The molecular weight excluding hydrogens is 246 g/mol. The van der Waals surface area contributed by atoms with E-state index in [1.807, 2.05) is 6.92 Å². The van der Waals surface area contributed by atoms with Gasteiger partial charge in [0.15, 0.2) is 0 Å². The van der Waals surface area contributed by atoms with Crippen LogP contribution in [0.2, 0.25) is 0 Å². The average Bonchev–Trinajstić information content (AvgIpc) is 2.36. The molecule has 6 nitrogen and oxygen atoms in total. The molecule has 0 bridgehead atoms. The van der Waals surface area contributed by atoms with E-state index in [0.29, 0.717) is 12.2 Å². The van der Waals surface area contributed by atoms with Gasteiger partial charge in [0.2, 0.25) is 5.91 Å². The van der Waals surface area contributed by atoms with Crippen molar-refractivity contribution in [1.29, 1.82) is 0 Å². The number of benzene rings is 1. The molecule has 0 saturated carbocycles. The van der Waals surface area contributed by atoms with E-state index in [4.69, 9.17) is 10.8 Å². The standard InChI is InChI=1S/C13H19N3O3/c1-4-16(3)12(17)8(2)15-9-5-6-10(13(18)19)11(14)7-9/h5-8,15H,4,14H2,1-3H3,(H,18,19). The highest BCUT2D eigenvalue weighted by molar-refractivity contribution is 5.94. The minimum absolute atomic E-state index is 0.0385. The molecule has 0 aliphatic rings. The molecule has 1 aromatic rings. The Hall–Kier alpha value is -2.24. The lowest BCUT2D eigenvalue weighted by Gasteiger charge is -2.21. The Bertz CT molecular complexity index is 488. The van der Waals surface area contributed by atoms with E-state index in [2.05, 4.69) is 5.32 Å². The van der Waals surface area contributed by atoms with E-state index < -0.39 is 12.0 Å². The van der Waals surface area contributed by atoms with Crippen LogP contribution in [0.3, 0.4) is 0 Å². The molecule has 0 aliphatic carbocycles. The molecule has 1 amide bonds. The van der Waals surface area contributed by atoms with Gasteiger partial charge in [0, 0.05) is 25.0 Å². The zero-order valence-electron chi connectivity index (χ0n) is 11.3. The molecule has 1 unspecified atom stereocenters. The van der Waals surface area contributed by atoms with Crippen LogP contribution in [0.1, 0.15) is 24.2 Å². The van der Waals surface area contributed by atoms with Crippen molar-refractivity contribution in [3.05, 3.63) is 23.8 Å². The molecular formula is C13H19N3O3. The maximum absolute atomic E-state index is 11.9. The quantitative estimate of drug-likeness (QED) is 0.696. The maximum Gasteiger partial charge on any atom is 0.337 e. The van der Waals surface area contributed by atoms with Crippen LogP contribution in [0.5, 0.6) is 0 Å². The van der Waals surface area contributed by atoms with Crippen molar-refractivity contribution in [3.63, 3.8) is 0 Å². The molecule has 0 radical (unpaired) electrons. The molecule has 0 spiro atoms. The minimum Gasteiger partial charge on any atom is -0.478 e. The number of nitrogens with two attached hydrogens (primary N) is 1. The lowest BCUT2D eigenvalue weighted by molar-refractivity contribution is -0.130. The van der Waals surface area contributed by atoms with Crippen LogP contribution >= 0.6 is 0 Å². The molecule has 1 atom stereocenters. The number of carboxylic acid groups (broad SMARTS) is 1. The van der Waals surface area contributed by atoms with Crippen LogP contribution in [0.15, 0.2) is 18.2 Å². The van der Waals surface area contributed by atoms with E-state index in [1.165, 1.54) is 12.1 Å². The van der Waals surface area contributed by atoms with Gasteiger partial charge in [0.25, 0.3) is 0 Å². The fourth-order valence-electron chi connectivity index (χ4n) is 1.65. The number of hydrogen-bond acceptors (Lipinski definition) is 4. The first kappa shape index (κ1) is 14.8. The van der Waals surface area contributed by atoms with E-state index in [-0.39, 0.29) is 17.2 Å². The van der Waals surface area contributed by atoms with Crippen LogP contribution in [-0.4, -0.2) is 41.5 Å². The number of rotatable bonds is 5. The molecule has 19 heavy (non-hydrogen) atoms. The number of carbonyl (C=O) groups is 2. The van der Waals surface area contributed by atoms with Crippen LogP contribution in [0.25, 0.3) is 0 Å². The Morgan fingerprint density at radius 2 is 2.11 bits per heavy atom. The maximum atomic E-state index is 11.9. The van der Waals surface area contributed by atoms with Gasteiger partial charge in [0.1, 0.15) is 6.04 Å². The highest BCUT2D eigenvalue weighted by Gasteiger charge is 2.16. The summed E-state index contributed by atoms with van der Waals surface area (Å²) in [6, 6.07) is 4.12. The van der Waals surface area contributed by atoms with Crippen LogP contribution < -0.4 is 11.1 Å². The van der Waals surface area contributed by atoms with Gasteiger partial charge in [-0.15, -0.1) is 0 Å². The van der Waals surface area contributed by atoms with Gasteiger partial charge in [-0.25, -0.2) is 4.79 Å². The van der Waals surface area contributed by atoms with Gasteiger partial charge >= 0.3 is 5.97 Å². The second-order valence-electron chi connectivity index (χ2n) is 4.33. The van der Waals surface area contributed by atoms with Crippen LogP contribution in [-0.2, 0) is 4.79 Å². The zero-order chi connectivity index (χ0) is 14.6. The van der Waals surface area contributed by atoms with E-state index >= 15 is 0 Å². The molecule has 0 heterocycles. The SMILES string of the molecule is CCN(C)C(=O)C(C)Nc1ccc(C(=O)O)c(N)c1. The fraction of sp³-hybridized carbons (Fsp3) is 0.385. The van der Waals surface area contributed by atoms with Crippen molar-refractivity contribution >= 4 is 23.3 Å².